The Bertz CT molecular complexity index is 283. The molecule has 0 spiro atoms. The molecule has 5 heteroatoms. The van der Waals surface area contributed by atoms with Crippen molar-refractivity contribution in [2.45, 2.75) is 6.54 Å². The Kier molecular flexibility index (Phi) is 3.45. The number of nitrogens with one attached hydrogen (secondary N) is 1. The highest BCUT2D eigenvalue weighted by Gasteiger charge is 2.05. The monoisotopic (exact) mass is 183 g/mol. The second-order valence-electron chi connectivity index (χ2n) is 2.56. The van der Waals surface area contributed by atoms with Gasteiger partial charge in [0, 0.05) is 20.4 Å². The van der Waals surface area contributed by atoms with E-state index in [2.05, 4.69) is 10.4 Å². The SMILES string of the molecule is CNC(=O)c1cnn(CCOC)c1. The number of aromatic nitrogens is 2. The zero-order chi connectivity index (χ0) is 9.68. The maximum atomic E-state index is 11.1. The molecule has 1 N–H and O–H groups in total. The molecule has 0 radical (unpaired) electrons. The molecule has 1 aromatic heterocycles. The molecule has 72 valence electrons. The van der Waals surface area contributed by atoms with Crippen molar-refractivity contribution in [3.8, 4) is 0 Å². The highest BCUT2D eigenvalue weighted by atomic mass is 16.5. The lowest BCUT2D eigenvalue weighted by molar-refractivity contribution is 0.0963. The normalized spacial score (nSPS) is 10.0. The van der Waals surface area contributed by atoms with E-state index in [1.807, 2.05) is 0 Å². The van der Waals surface area contributed by atoms with E-state index in [4.69, 9.17) is 4.74 Å². The number of carbonyl (C=O) groups is 1. The van der Waals surface area contributed by atoms with E-state index in [-0.39, 0.29) is 5.91 Å². The lowest BCUT2D eigenvalue weighted by Gasteiger charge is -1.98. The summed E-state index contributed by atoms with van der Waals surface area (Å²) in [6, 6.07) is 0. The predicted molar refractivity (Wildman–Crippen MR) is 47.5 cm³/mol. The highest BCUT2D eigenvalue weighted by molar-refractivity contribution is 5.93. The molecule has 0 saturated carbocycles. The molecular weight excluding hydrogens is 170 g/mol. The molecule has 1 amide bonds. The number of hydrogen-bond donors (Lipinski definition) is 1. The number of methoxy groups -OCH3 is 1. The Labute approximate surface area is 76.7 Å². The first-order valence-corrected chi connectivity index (χ1v) is 4.01. The number of ether oxygens (including phenoxy) is 1. The van der Waals surface area contributed by atoms with Gasteiger partial charge < -0.3 is 10.1 Å². The van der Waals surface area contributed by atoms with Gasteiger partial charge in [-0.1, -0.05) is 0 Å². The van der Waals surface area contributed by atoms with Crippen LogP contribution >= 0.6 is 0 Å². The van der Waals surface area contributed by atoms with Gasteiger partial charge in [-0.2, -0.15) is 5.10 Å². The van der Waals surface area contributed by atoms with Crippen LogP contribution in [0.5, 0.6) is 0 Å². The molecule has 0 aromatic carbocycles. The molecule has 0 saturated heterocycles. The van der Waals surface area contributed by atoms with Gasteiger partial charge in [-0.3, -0.25) is 9.48 Å². The van der Waals surface area contributed by atoms with E-state index < -0.39 is 0 Å². The van der Waals surface area contributed by atoms with Crippen LogP contribution in [0, 0.1) is 0 Å². The zero-order valence-electron chi connectivity index (χ0n) is 7.78. The van der Waals surface area contributed by atoms with E-state index in [0.717, 1.165) is 0 Å². The summed E-state index contributed by atoms with van der Waals surface area (Å²) in [4.78, 5) is 11.1. The molecule has 0 aliphatic carbocycles. The summed E-state index contributed by atoms with van der Waals surface area (Å²) in [6.07, 6.45) is 3.23. The smallest absolute Gasteiger partial charge is 0.254 e. The van der Waals surface area contributed by atoms with Crippen LogP contribution in [0.4, 0.5) is 0 Å². The maximum absolute atomic E-state index is 11.1. The lowest BCUT2D eigenvalue weighted by atomic mass is 10.3. The second kappa shape index (κ2) is 4.61. The van der Waals surface area contributed by atoms with Crippen LogP contribution in [0.2, 0.25) is 0 Å². The molecule has 0 atom stereocenters. The van der Waals surface area contributed by atoms with Gasteiger partial charge in [-0.05, 0) is 0 Å². The zero-order valence-corrected chi connectivity index (χ0v) is 7.78. The summed E-state index contributed by atoms with van der Waals surface area (Å²) in [6.45, 7) is 1.25. The molecule has 5 nitrogen and oxygen atoms in total. The van der Waals surface area contributed by atoms with E-state index >= 15 is 0 Å². The molecule has 0 unspecified atom stereocenters. The minimum Gasteiger partial charge on any atom is -0.383 e. The molecule has 13 heavy (non-hydrogen) atoms. The van der Waals surface area contributed by atoms with Crippen molar-refractivity contribution in [2.24, 2.45) is 0 Å². The average Bonchev–Trinajstić information content (AvgIpc) is 2.62. The van der Waals surface area contributed by atoms with Gasteiger partial charge in [0.05, 0.1) is 24.9 Å². The number of nitrogens with zero attached hydrogens (tertiary/aromatic N) is 2. The maximum Gasteiger partial charge on any atom is 0.254 e. The summed E-state index contributed by atoms with van der Waals surface area (Å²) >= 11 is 0. The fraction of sp³-hybridized carbons (Fsp3) is 0.500. The predicted octanol–water partition coefficient (Wildman–Crippen LogP) is -0.111. The molecule has 1 aromatic rings. The van der Waals surface area contributed by atoms with E-state index in [0.29, 0.717) is 18.7 Å². The summed E-state index contributed by atoms with van der Waals surface area (Å²) in [5.74, 6) is -0.122. The number of amides is 1. The van der Waals surface area contributed by atoms with Crippen molar-refractivity contribution in [1.29, 1.82) is 0 Å². The van der Waals surface area contributed by atoms with Crippen LogP contribution < -0.4 is 5.32 Å². The van der Waals surface area contributed by atoms with E-state index in [1.165, 1.54) is 6.20 Å². The van der Waals surface area contributed by atoms with Crippen molar-refractivity contribution in [1.82, 2.24) is 15.1 Å². The molecule has 0 aliphatic rings. The number of rotatable bonds is 4. The molecule has 1 heterocycles. The third kappa shape index (κ3) is 2.55. The number of hydrogen-bond acceptors (Lipinski definition) is 3. The van der Waals surface area contributed by atoms with E-state index in [9.17, 15) is 4.79 Å². The summed E-state index contributed by atoms with van der Waals surface area (Å²) in [5.41, 5.74) is 0.568. The minimum absolute atomic E-state index is 0.122. The molecule has 1 rings (SSSR count). The average molecular weight is 183 g/mol. The molecular formula is C8H13N3O2. The van der Waals surface area contributed by atoms with E-state index in [1.54, 1.807) is 25.0 Å². The first kappa shape index (κ1) is 9.73. The van der Waals surface area contributed by atoms with Gasteiger partial charge in [-0.15, -0.1) is 0 Å². The standard InChI is InChI=1S/C8H13N3O2/c1-9-8(12)7-5-10-11(6-7)3-4-13-2/h5-6H,3-4H2,1-2H3,(H,9,12). The van der Waals surface area contributed by atoms with Crippen LogP contribution in [0.15, 0.2) is 12.4 Å². The van der Waals surface area contributed by atoms with Crippen LogP contribution in [-0.2, 0) is 11.3 Å². The van der Waals surface area contributed by atoms with Gasteiger partial charge in [0.15, 0.2) is 0 Å². The first-order chi connectivity index (χ1) is 6.27. The first-order valence-electron chi connectivity index (χ1n) is 4.01. The van der Waals surface area contributed by atoms with Crippen molar-refractivity contribution in [3.63, 3.8) is 0 Å². The summed E-state index contributed by atoms with van der Waals surface area (Å²) in [5, 5.41) is 6.53. The van der Waals surface area contributed by atoms with Crippen LogP contribution in [-0.4, -0.2) is 36.5 Å². The Balaban J connectivity index is 2.58. The Morgan fingerprint density at radius 3 is 3.15 bits per heavy atom. The van der Waals surface area contributed by atoms with Gasteiger partial charge in [0.2, 0.25) is 0 Å². The topological polar surface area (TPSA) is 56.2 Å². The van der Waals surface area contributed by atoms with Crippen molar-refractivity contribution < 1.29 is 9.53 Å². The quantitative estimate of drug-likeness (QED) is 0.708. The summed E-state index contributed by atoms with van der Waals surface area (Å²) in [7, 11) is 3.22. The van der Waals surface area contributed by atoms with Crippen LogP contribution in [0.25, 0.3) is 0 Å². The van der Waals surface area contributed by atoms with Crippen LogP contribution in [0.1, 0.15) is 10.4 Å². The molecule has 0 bridgehead atoms. The third-order valence-corrected chi connectivity index (χ3v) is 1.65. The fourth-order valence-corrected chi connectivity index (χ4v) is 0.932. The van der Waals surface area contributed by atoms with Crippen molar-refractivity contribution in [3.05, 3.63) is 18.0 Å². The largest absolute Gasteiger partial charge is 0.383 e. The third-order valence-electron chi connectivity index (χ3n) is 1.65. The Hall–Kier alpha value is -1.36. The van der Waals surface area contributed by atoms with Crippen molar-refractivity contribution in [2.75, 3.05) is 20.8 Å². The fourth-order valence-electron chi connectivity index (χ4n) is 0.932. The van der Waals surface area contributed by atoms with Gasteiger partial charge in [0.1, 0.15) is 0 Å². The second-order valence-corrected chi connectivity index (χ2v) is 2.56. The van der Waals surface area contributed by atoms with Crippen molar-refractivity contribution >= 4 is 5.91 Å². The van der Waals surface area contributed by atoms with Crippen LogP contribution in [0.3, 0.4) is 0 Å². The lowest BCUT2D eigenvalue weighted by Crippen LogP contribution is -2.17. The summed E-state index contributed by atoms with van der Waals surface area (Å²) < 4.78 is 6.56. The molecule has 0 aliphatic heterocycles. The van der Waals surface area contributed by atoms with Gasteiger partial charge in [-0.25, -0.2) is 0 Å². The van der Waals surface area contributed by atoms with Gasteiger partial charge >= 0.3 is 0 Å². The Morgan fingerprint density at radius 1 is 1.77 bits per heavy atom. The highest BCUT2D eigenvalue weighted by Crippen LogP contribution is 1.96. The minimum atomic E-state index is -0.122. The Morgan fingerprint density at radius 2 is 2.54 bits per heavy atom. The van der Waals surface area contributed by atoms with Gasteiger partial charge in [0.25, 0.3) is 5.91 Å². The molecule has 0 fully saturated rings. The number of carbonyl (C=O) groups excluding carboxylic acids is 1.